The number of aldehydes is 1. The highest BCUT2D eigenvalue weighted by Gasteiger charge is 2.07. The van der Waals surface area contributed by atoms with Crippen molar-refractivity contribution in [2.45, 2.75) is 20.3 Å². The summed E-state index contributed by atoms with van der Waals surface area (Å²) in [5.41, 5.74) is 3.41. The monoisotopic (exact) mass is 206 g/mol. The fraction of sp³-hybridized carbons (Fsp3) is 0.333. The van der Waals surface area contributed by atoms with Crippen molar-refractivity contribution in [3.05, 3.63) is 34.4 Å². The largest absolute Gasteiger partial charge is 0.469 e. The number of carbonyl (C=O) groups is 2. The Bertz CT molecular complexity index is 394. The van der Waals surface area contributed by atoms with Crippen LogP contribution in [-0.4, -0.2) is 19.4 Å². The number of aryl methyl sites for hydroxylation is 1. The van der Waals surface area contributed by atoms with Gasteiger partial charge in [-0.3, -0.25) is 9.59 Å². The van der Waals surface area contributed by atoms with E-state index in [0.29, 0.717) is 5.56 Å². The van der Waals surface area contributed by atoms with Crippen molar-refractivity contribution in [3.8, 4) is 0 Å². The van der Waals surface area contributed by atoms with Crippen LogP contribution >= 0.6 is 0 Å². The Kier molecular flexibility index (Phi) is 3.61. The molecule has 0 amide bonds. The number of rotatable bonds is 3. The van der Waals surface area contributed by atoms with Crippen LogP contribution in [0.2, 0.25) is 0 Å². The third kappa shape index (κ3) is 2.65. The molecule has 0 unspecified atom stereocenters. The van der Waals surface area contributed by atoms with Gasteiger partial charge in [0, 0.05) is 5.56 Å². The Labute approximate surface area is 89.1 Å². The Morgan fingerprint density at radius 2 is 2.07 bits per heavy atom. The lowest BCUT2D eigenvalue weighted by Crippen LogP contribution is -2.05. The molecule has 0 aliphatic rings. The third-order valence-electron chi connectivity index (χ3n) is 2.47. The summed E-state index contributed by atoms with van der Waals surface area (Å²) in [6.45, 7) is 3.81. The fourth-order valence-electron chi connectivity index (χ4n) is 1.43. The van der Waals surface area contributed by atoms with Crippen LogP contribution in [0.1, 0.15) is 27.0 Å². The van der Waals surface area contributed by atoms with Crippen LogP contribution in [0.4, 0.5) is 0 Å². The molecule has 3 heteroatoms. The Morgan fingerprint density at radius 3 is 2.60 bits per heavy atom. The number of ether oxygens (including phenoxy) is 1. The highest BCUT2D eigenvalue weighted by Crippen LogP contribution is 2.15. The predicted molar refractivity (Wildman–Crippen MR) is 57.0 cm³/mol. The van der Waals surface area contributed by atoms with Crippen molar-refractivity contribution in [3.63, 3.8) is 0 Å². The molecule has 1 aromatic rings. The first-order valence-electron chi connectivity index (χ1n) is 4.70. The maximum absolute atomic E-state index is 11.1. The van der Waals surface area contributed by atoms with Crippen LogP contribution in [0.25, 0.3) is 0 Å². The standard InChI is InChI=1S/C12H14O3/c1-8-4-10(6-12(14)15-3)5-11(7-13)9(8)2/h4-5,7H,6H2,1-3H3. The Hall–Kier alpha value is -1.64. The summed E-state index contributed by atoms with van der Waals surface area (Å²) in [5.74, 6) is -0.296. The maximum Gasteiger partial charge on any atom is 0.309 e. The molecular weight excluding hydrogens is 192 g/mol. The molecule has 0 bridgehead atoms. The van der Waals surface area contributed by atoms with Gasteiger partial charge in [0.05, 0.1) is 13.5 Å². The van der Waals surface area contributed by atoms with E-state index < -0.39 is 0 Å². The van der Waals surface area contributed by atoms with Crippen LogP contribution in [-0.2, 0) is 16.0 Å². The SMILES string of the molecule is COC(=O)Cc1cc(C)c(C)c(C=O)c1. The molecule has 80 valence electrons. The van der Waals surface area contributed by atoms with Gasteiger partial charge in [-0.1, -0.05) is 6.07 Å². The van der Waals surface area contributed by atoms with Crippen LogP contribution < -0.4 is 0 Å². The van der Waals surface area contributed by atoms with Crippen LogP contribution in [0.3, 0.4) is 0 Å². The number of hydrogen-bond donors (Lipinski definition) is 0. The molecule has 1 rings (SSSR count). The summed E-state index contributed by atoms with van der Waals surface area (Å²) >= 11 is 0. The van der Waals surface area contributed by atoms with Crippen molar-refractivity contribution >= 4 is 12.3 Å². The third-order valence-corrected chi connectivity index (χ3v) is 2.47. The minimum Gasteiger partial charge on any atom is -0.469 e. The van der Waals surface area contributed by atoms with Gasteiger partial charge in [-0.05, 0) is 36.6 Å². The lowest BCUT2D eigenvalue weighted by atomic mass is 9.99. The molecule has 3 nitrogen and oxygen atoms in total. The molecule has 0 aromatic heterocycles. The summed E-state index contributed by atoms with van der Waals surface area (Å²) < 4.78 is 4.57. The number of carbonyl (C=O) groups excluding carboxylic acids is 2. The molecule has 0 fully saturated rings. The van der Waals surface area contributed by atoms with Gasteiger partial charge in [0.2, 0.25) is 0 Å². The zero-order valence-corrected chi connectivity index (χ0v) is 9.16. The molecule has 0 heterocycles. The van der Waals surface area contributed by atoms with E-state index in [4.69, 9.17) is 0 Å². The lowest BCUT2D eigenvalue weighted by Gasteiger charge is -2.07. The lowest BCUT2D eigenvalue weighted by molar-refractivity contribution is -0.139. The quantitative estimate of drug-likeness (QED) is 0.559. The second-order valence-corrected chi connectivity index (χ2v) is 3.50. The van der Waals surface area contributed by atoms with Crippen molar-refractivity contribution in [2.75, 3.05) is 7.11 Å². The summed E-state index contributed by atoms with van der Waals surface area (Å²) in [4.78, 5) is 21.8. The first-order chi connectivity index (χ1) is 7.08. The van der Waals surface area contributed by atoms with Crippen LogP contribution in [0.15, 0.2) is 12.1 Å². The minimum absolute atomic E-state index is 0.207. The molecule has 0 saturated carbocycles. The van der Waals surface area contributed by atoms with Gasteiger partial charge in [0.15, 0.2) is 0 Å². The summed E-state index contributed by atoms with van der Waals surface area (Å²) in [6, 6.07) is 3.63. The van der Waals surface area contributed by atoms with Crippen LogP contribution in [0.5, 0.6) is 0 Å². The first-order valence-corrected chi connectivity index (χ1v) is 4.70. The van der Waals surface area contributed by atoms with Gasteiger partial charge < -0.3 is 4.74 Å². The van der Waals surface area contributed by atoms with Crippen molar-refractivity contribution < 1.29 is 14.3 Å². The van der Waals surface area contributed by atoms with E-state index in [1.807, 2.05) is 19.9 Å². The van der Waals surface area contributed by atoms with Gasteiger partial charge in [0.25, 0.3) is 0 Å². The molecule has 0 aliphatic heterocycles. The van der Waals surface area contributed by atoms with E-state index in [2.05, 4.69) is 4.74 Å². The second-order valence-electron chi connectivity index (χ2n) is 3.50. The topological polar surface area (TPSA) is 43.4 Å². The van der Waals surface area contributed by atoms with Crippen LogP contribution in [0, 0.1) is 13.8 Å². The summed E-state index contributed by atoms with van der Waals surface area (Å²) in [6.07, 6.45) is 1.02. The smallest absolute Gasteiger partial charge is 0.309 e. The average molecular weight is 206 g/mol. The van der Waals surface area contributed by atoms with Gasteiger partial charge in [-0.25, -0.2) is 0 Å². The van der Waals surface area contributed by atoms with E-state index >= 15 is 0 Å². The summed E-state index contributed by atoms with van der Waals surface area (Å²) in [5, 5.41) is 0. The molecule has 0 radical (unpaired) electrons. The minimum atomic E-state index is -0.296. The molecule has 0 saturated heterocycles. The van der Waals surface area contributed by atoms with Crippen molar-refractivity contribution in [2.24, 2.45) is 0 Å². The molecular formula is C12H14O3. The molecule has 0 N–H and O–H groups in total. The zero-order valence-electron chi connectivity index (χ0n) is 9.16. The highest BCUT2D eigenvalue weighted by molar-refractivity contribution is 5.79. The number of hydrogen-bond acceptors (Lipinski definition) is 3. The van der Waals surface area contributed by atoms with Gasteiger partial charge in [-0.2, -0.15) is 0 Å². The number of benzene rings is 1. The van der Waals surface area contributed by atoms with Crippen molar-refractivity contribution in [1.82, 2.24) is 0 Å². The van der Waals surface area contributed by atoms with Gasteiger partial charge in [0.1, 0.15) is 6.29 Å². The maximum atomic E-state index is 11.1. The fourth-order valence-corrected chi connectivity index (χ4v) is 1.43. The average Bonchev–Trinajstić information content (AvgIpc) is 2.22. The molecule has 1 aromatic carbocycles. The molecule has 0 atom stereocenters. The van der Waals surface area contributed by atoms with E-state index in [1.165, 1.54) is 7.11 Å². The Morgan fingerprint density at radius 1 is 1.40 bits per heavy atom. The highest BCUT2D eigenvalue weighted by atomic mass is 16.5. The predicted octanol–water partition coefficient (Wildman–Crippen LogP) is 1.83. The molecule has 0 spiro atoms. The van der Waals surface area contributed by atoms with Gasteiger partial charge in [-0.15, -0.1) is 0 Å². The van der Waals surface area contributed by atoms with E-state index in [1.54, 1.807) is 6.07 Å². The van der Waals surface area contributed by atoms with Gasteiger partial charge >= 0.3 is 5.97 Å². The van der Waals surface area contributed by atoms with Crippen molar-refractivity contribution in [1.29, 1.82) is 0 Å². The first kappa shape index (κ1) is 11.4. The Balaban J connectivity index is 3.05. The zero-order chi connectivity index (χ0) is 11.4. The summed E-state index contributed by atoms with van der Waals surface area (Å²) in [7, 11) is 1.35. The second kappa shape index (κ2) is 4.73. The van der Waals surface area contributed by atoms with E-state index in [-0.39, 0.29) is 12.4 Å². The molecule has 15 heavy (non-hydrogen) atoms. The molecule has 0 aliphatic carbocycles. The van der Waals surface area contributed by atoms with E-state index in [9.17, 15) is 9.59 Å². The van der Waals surface area contributed by atoms with E-state index in [0.717, 1.165) is 23.0 Å². The number of esters is 1. The normalized spacial score (nSPS) is 9.80. The number of methoxy groups -OCH3 is 1.